The van der Waals surface area contributed by atoms with Crippen LogP contribution in [0.4, 0.5) is 0 Å². The summed E-state index contributed by atoms with van der Waals surface area (Å²) >= 11 is 0. The SMILES string of the molecule is Cn1cc(C2=CC(N)CC2)nn1. The Morgan fingerprint density at radius 3 is 3.00 bits per heavy atom. The molecule has 0 radical (unpaired) electrons. The van der Waals surface area contributed by atoms with Crippen LogP contribution in [0.2, 0.25) is 0 Å². The molecule has 64 valence electrons. The lowest BCUT2D eigenvalue weighted by atomic mass is 10.2. The van der Waals surface area contributed by atoms with Crippen LogP contribution >= 0.6 is 0 Å². The van der Waals surface area contributed by atoms with Gasteiger partial charge in [-0.2, -0.15) is 0 Å². The molecule has 0 saturated heterocycles. The summed E-state index contributed by atoms with van der Waals surface area (Å²) in [6.07, 6.45) is 6.06. The first kappa shape index (κ1) is 7.49. The zero-order valence-corrected chi connectivity index (χ0v) is 7.07. The average Bonchev–Trinajstić information content (AvgIpc) is 2.58. The Bertz CT molecular complexity index is 313. The molecule has 0 saturated carbocycles. The van der Waals surface area contributed by atoms with Crippen LogP contribution in [0.5, 0.6) is 0 Å². The van der Waals surface area contributed by atoms with E-state index in [1.165, 1.54) is 5.57 Å². The van der Waals surface area contributed by atoms with Crippen LogP contribution in [0.3, 0.4) is 0 Å². The lowest BCUT2D eigenvalue weighted by Gasteiger charge is -1.91. The van der Waals surface area contributed by atoms with E-state index in [4.69, 9.17) is 5.73 Å². The minimum Gasteiger partial charge on any atom is -0.324 e. The highest BCUT2D eigenvalue weighted by Gasteiger charge is 2.15. The van der Waals surface area contributed by atoms with Crippen LogP contribution in [0, 0.1) is 0 Å². The maximum Gasteiger partial charge on any atom is 0.108 e. The molecule has 1 aliphatic rings. The van der Waals surface area contributed by atoms with Crippen LogP contribution in [0.25, 0.3) is 5.57 Å². The van der Waals surface area contributed by atoms with E-state index in [0.717, 1.165) is 18.5 Å². The molecule has 1 unspecified atom stereocenters. The van der Waals surface area contributed by atoms with Crippen molar-refractivity contribution in [3.8, 4) is 0 Å². The molecule has 1 aliphatic carbocycles. The summed E-state index contributed by atoms with van der Waals surface area (Å²) in [5.74, 6) is 0. The molecule has 2 rings (SSSR count). The molecule has 1 aromatic rings. The smallest absolute Gasteiger partial charge is 0.108 e. The second-order valence-corrected chi connectivity index (χ2v) is 3.17. The van der Waals surface area contributed by atoms with Gasteiger partial charge in [-0.1, -0.05) is 11.3 Å². The Hall–Kier alpha value is -1.16. The van der Waals surface area contributed by atoms with Crippen molar-refractivity contribution in [2.24, 2.45) is 12.8 Å². The van der Waals surface area contributed by atoms with Gasteiger partial charge in [0.05, 0.1) is 6.20 Å². The van der Waals surface area contributed by atoms with Gasteiger partial charge in [0.15, 0.2) is 0 Å². The van der Waals surface area contributed by atoms with E-state index in [1.54, 1.807) is 4.68 Å². The van der Waals surface area contributed by atoms with Gasteiger partial charge in [-0.25, -0.2) is 0 Å². The van der Waals surface area contributed by atoms with E-state index in [-0.39, 0.29) is 6.04 Å². The first-order valence-corrected chi connectivity index (χ1v) is 4.08. The fourth-order valence-corrected chi connectivity index (χ4v) is 1.46. The normalized spacial score (nSPS) is 22.8. The second kappa shape index (κ2) is 2.71. The molecule has 1 heterocycles. The van der Waals surface area contributed by atoms with Gasteiger partial charge in [0, 0.05) is 13.1 Å². The van der Waals surface area contributed by atoms with Crippen LogP contribution in [0.1, 0.15) is 18.5 Å². The van der Waals surface area contributed by atoms with Crippen molar-refractivity contribution in [3.05, 3.63) is 18.0 Å². The predicted octanol–water partition coefficient (Wildman–Crippen LogP) is 0.320. The summed E-state index contributed by atoms with van der Waals surface area (Å²) < 4.78 is 1.71. The minimum absolute atomic E-state index is 0.210. The number of rotatable bonds is 1. The molecule has 4 nitrogen and oxygen atoms in total. The van der Waals surface area contributed by atoms with E-state index < -0.39 is 0 Å². The van der Waals surface area contributed by atoms with Crippen LogP contribution in [-0.2, 0) is 7.05 Å². The van der Waals surface area contributed by atoms with E-state index in [1.807, 2.05) is 13.2 Å². The molecule has 4 heteroatoms. The zero-order chi connectivity index (χ0) is 8.55. The maximum atomic E-state index is 5.74. The van der Waals surface area contributed by atoms with Crippen molar-refractivity contribution >= 4 is 5.57 Å². The molecular formula is C8H12N4. The molecule has 0 fully saturated rings. The van der Waals surface area contributed by atoms with Crippen molar-refractivity contribution in [1.82, 2.24) is 15.0 Å². The largest absolute Gasteiger partial charge is 0.324 e. The third-order valence-corrected chi connectivity index (χ3v) is 2.09. The fraction of sp³-hybridized carbons (Fsp3) is 0.500. The number of nitrogens with zero attached hydrogens (tertiary/aromatic N) is 3. The van der Waals surface area contributed by atoms with Crippen LogP contribution < -0.4 is 5.73 Å². The molecule has 12 heavy (non-hydrogen) atoms. The number of nitrogens with two attached hydrogens (primary N) is 1. The molecule has 1 atom stereocenters. The molecule has 0 bridgehead atoms. The highest BCUT2D eigenvalue weighted by atomic mass is 15.4. The average molecular weight is 164 g/mol. The number of hydrogen-bond donors (Lipinski definition) is 1. The van der Waals surface area contributed by atoms with E-state index in [9.17, 15) is 0 Å². The number of hydrogen-bond acceptors (Lipinski definition) is 3. The predicted molar refractivity (Wildman–Crippen MR) is 46.2 cm³/mol. The van der Waals surface area contributed by atoms with Gasteiger partial charge < -0.3 is 5.73 Å². The van der Waals surface area contributed by atoms with Crippen molar-refractivity contribution in [2.75, 3.05) is 0 Å². The second-order valence-electron chi connectivity index (χ2n) is 3.17. The molecule has 0 aromatic carbocycles. The lowest BCUT2D eigenvalue weighted by Crippen LogP contribution is -2.11. The summed E-state index contributed by atoms with van der Waals surface area (Å²) in [4.78, 5) is 0. The number of aromatic nitrogens is 3. The van der Waals surface area contributed by atoms with E-state index in [2.05, 4.69) is 16.4 Å². The molecule has 0 amide bonds. The van der Waals surface area contributed by atoms with Gasteiger partial charge in [0.2, 0.25) is 0 Å². The van der Waals surface area contributed by atoms with Gasteiger partial charge in [0.25, 0.3) is 0 Å². The van der Waals surface area contributed by atoms with Gasteiger partial charge in [0.1, 0.15) is 5.69 Å². The third kappa shape index (κ3) is 1.25. The first-order chi connectivity index (χ1) is 5.75. The van der Waals surface area contributed by atoms with Crippen LogP contribution in [0.15, 0.2) is 12.3 Å². The molecule has 0 spiro atoms. The van der Waals surface area contributed by atoms with Gasteiger partial charge in [-0.05, 0) is 18.4 Å². The fourth-order valence-electron chi connectivity index (χ4n) is 1.46. The van der Waals surface area contributed by atoms with E-state index >= 15 is 0 Å². The van der Waals surface area contributed by atoms with Crippen molar-refractivity contribution in [1.29, 1.82) is 0 Å². The molecular weight excluding hydrogens is 152 g/mol. The quantitative estimate of drug-likeness (QED) is 0.650. The molecule has 1 aromatic heterocycles. The Morgan fingerprint density at radius 2 is 2.50 bits per heavy atom. The van der Waals surface area contributed by atoms with Crippen molar-refractivity contribution in [3.63, 3.8) is 0 Å². The summed E-state index contributed by atoms with van der Waals surface area (Å²) in [7, 11) is 1.87. The summed E-state index contributed by atoms with van der Waals surface area (Å²) in [5, 5.41) is 7.89. The monoisotopic (exact) mass is 164 g/mol. The number of aryl methyl sites for hydroxylation is 1. The van der Waals surface area contributed by atoms with Gasteiger partial charge in [-0.3, -0.25) is 4.68 Å². The standard InChI is InChI=1S/C8H12N4/c1-12-5-8(10-11-12)6-2-3-7(9)4-6/h4-5,7H,2-3,9H2,1H3. The Balaban J connectivity index is 2.26. The van der Waals surface area contributed by atoms with Crippen molar-refractivity contribution in [2.45, 2.75) is 18.9 Å². The van der Waals surface area contributed by atoms with Gasteiger partial charge in [-0.15, -0.1) is 5.10 Å². The Labute approximate surface area is 71.1 Å². The zero-order valence-electron chi connectivity index (χ0n) is 7.07. The topological polar surface area (TPSA) is 56.7 Å². The Kier molecular flexibility index (Phi) is 1.69. The summed E-state index contributed by atoms with van der Waals surface area (Å²) in [6.45, 7) is 0. The van der Waals surface area contributed by atoms with Crippen LogP contribution in [-0.4, -0.2) is 21.0 Å². The third-order valence-electron chi connectivity index (χ3n) is 2.09. The minimum atomic E-state index is 0.210. The lowest BCUT2D eigenvalue weighted by molar-refractivity contribution is 0.714. The van der Waals surface area contributed by atoms with E-state index in [0.29, 0.717) is 0 Å². The molecule has 2 N–H and O–H groups in total. The van der Waals surface area contributed by atoms with Crippen molar-refractivity contribution < 1.29 is 0 Å². The highest BCUT2D eigenvalue weighted by Crippen LogP contribution is 2.24. The number of allylic oxidation sites excluding steroid dienone is 1. The Morgan fingerprint density at radius 1 is 1.67 bits per heavy atom. The highest BCUT2D eigenvalue weighted by molar-refractivity contribution is 5.64. The molecule has 0 aliphatic heterocycles. The maximum absolute atomic E-state index is 5.74. The first-order valence-electron chi connectivity index (χ1n) is 4.08. The summed E-state index contributed by atoms with van der Waals surface area (Å²) in [5.41, 5.74) is 7.93. The summed E-state index contributed by atoms with van der Waals surface area (Å²) in [6, 6.07) is 0.210. The van der Waals surface area contributed by atoms with Gasteiger partial charge >= 0.3 is 0 Å².